The predicted molar refractivity (Wildman–Crippen MR) is 82.3 cm³/mol. The van der Waals surface area contributed by atoms with Crippen molar-refractivity contribution in [3.63, 3.8) is 0 Å². The third-order valence-electron chi connectivity index (χ3n) is 3.75. The molecule has 0 spiro atoms. The molecule has 0 bridgehead atoms. The van der Waals surface area contributed by atoms with Crippen LogP contribution in [0.1, 0.15) is 28.7 Å². The van der Waals surface area contributed by atoms with Gasteiger partial charge in [-0.3, -0.25) is 0 Å². The standard InChI is InChI=1S/C18H21NO/c1-19-13-16-5-2-4-14(11-16)10-15-7-8-18-17(12-15)6-3-9-20-18/h2,4-5,7-8,11-12,19H,3,6,9-10,13H2,1H3. The fourth-order valence-corrected chi connectivity index (χ4v) is 2.81. The van der Waals surface area contributed by atoms with Crippen molar-refractivity contribution in [1.82, 2.24) is 5.32 Å². The molecule has 0 saturated heterocycles. The van der Waals surface area contributed by atoms with Gasteiger partial charge in [-0.25, -0.2) is 0 Å². The van der Waals surface area contributed by atoms with Crippen molar-refractivity contribution in [1.29, 1.82) is 0 Å². The first kappa shape index (κ1) is 13.2. The maximum atomic E-state index is 5.67. The molecule has 0 amide bonds. The van der Waals surface area contributed by atoms with Crippen molar-refractivity contribution in [3.05, 3.63) is 64.7 Å². The smallest absolute Gasteiger partial charge is 0.122 e. The average molecular weight is 267 g/mol. The zero-order valence-corrected chi connectivity index (χ0v) is 12.0. The highest BCUT2D eigenvalue weighted by Gasteiger charge is 2.10. The monoisotopic (exact) mass is 267 g/mol. The predicted octanol–water partition coefficient (Wildman–Crippen LogP) is 3.32. The summed E-state index contributed by atoms with van der Waals surface area (Å²) >= 11 is 0. The lowest BCUT2D eigenvalue weighted by molar-refractivity contribution is 0.288. The number of aryl methyl sites for hydroxylation is 1. The van der Waals surface area contributed by atoms with Crippen molar-refractivity contribution in [2.24, 2.45) is 0 Å². The van der Waals surface area contributed by atoms with E-state index in [1.165, 1.54) is 22.3 Å². The van der Waals surface area contributed by atoms with Crippen molar-refractivity contribution < 1.29 is 4.74 Å². The molecule has 2 heteroatoms. The summed E-state index contributed by atoms with van der Waals surface area (Å²) in [5.41, 5.74) is 5.44. The van der Waals surface area contributed by atoms with Gasteiger partial charge >= 0.3 is 0 Å². The van der Waals surface area contributed by atoms with Gasteiger partial charge in [0.05, 0.1) is 6.61 Å². The molecule has 0 fully saturated rings. The van der Waals surface area contributed by atoms with E-state index in [1.54, 1.807) is 0 Å². The van der Waals surface area contributed by atoms with E-state index in [-0.39, 0.29) is 0 Å². The Balaban J connectivity index is 1.78. The highest BCUT2D eigenvalue weighted by atomic mass is 16.5. The van der Waals surface area contributed by atoms with E-state index in [9.17, 15) is 0 Å². The minimum Gasteiger partial charge on any atom is -0.493 e. The lowest BCUT2D eigenvalue weighted by atomic mass is 9.98. The van der Waals surface area contributed by atoms with Crippen LogP contribution in [0.15, 0.2) is 42.5 Å². The van der Waals surface area contributed by atoms with Gasteiger partial charge < -0.3 is 10.1 Å². The Morgan fingerprint density at radius 3 is 2.80 bits per heavy atom. The molecule has 1 N–H and O–H groups in total. The van der Waals surface area contributed by atoms with Gasteiger partial charge in [-0.05, 0) is 54.6 Å². The van der Waals surface area contributed by atoms with E-state index >= 15 is 0 Å². The van der Waals surface area contributed by atoms with Gasteiger partial charge in [-0.2, -0.15) is 0 Å². The average Bonchev–Trinajstić information content (AvgIpc) is 2.48. The van der Waals surface area contributed by atoms with Gasteiger partial charge in [0.1, 0.15) is 5.75 Å². The van der Waals surface area contributed by atoms with E-state index < -0.39 is 0 Å². The molecule has 0 aromatic heterocycles. The molecule has 0 radical (unpaired) electrons. The molecule has 2 nitrogen and oxygen atoms in total. The Hall–Kier alpha value is -1.80. The maximum absolute atomic E-state index is 5.67. The molecule has 1 aliphatic heterocycles. The minimum atomic E-state index is 0.860. The molecular formula is C18H21NO. The summed E-state index contributed by atoms with van der Waals surface area (Å²) in [6, 6.07) is 15.4. The lowest BCUT2D eigenvalue weighted by Gasteiger charge is -2.18. The maximum Gasteiger partial charge on any atom is 0.122 e. The van der Waals surface area contributed by atoms with Crippen LogP contribution in [0.3, 0.4) is 0 Å². The Labute approximate surface area is 120 Å². The first-order chi connectivity index (χ1) is 9.85. The van der Waals surface area contributed by atoms with Gasteiger partial charge in [0.25, 0.3) is 0 Å². The zero-order valence-electron chi connectivity index (χ0n) is 12.0. The summed E-state index contributed by atoms with van der Waals surface area (Å²) in [7, 11) is 1.98. The summed E-state index contributed by atoms with van der Waals surface area (Å²) in [6.45, 7) is 1.78. The van der Waals surface area contributed by atoms with E-state index in [0.29, 0.717) is 0 Å². The van der Waals surface area contributed by atoms with Crippen molar-refractivity contribution >= 4 is 0 Å². The number of nitrogens with one attached hydrogen (secondary N) is 1. The quantitative estimate of drug-likeness (QED) is 0.917. The number of hydrogen-bond donors (Lipinski definition) is 1. The van der Waals surface area contributed by atoms with Crippen LogP contribution in [0, 0.1) is 0 Å². The molecule has 0 unspecified atom stereocenters. The van der Waals surface area contributed by atoms with E-state index in [4.69, 9.17) is 4.74 Å². The van der Waals surface area contributed by atoms with Gasteiger partial charge in [-0.1, -0.05) is 36.4 Å². The number of rotatable bonds is 4. The lowest BCUT2D eigenvalue weighted by Crippen LogP contribution is -2.08. The molecule has 2 aromatic carbocycles. The summed E-state index contributed by atoms with van der Waals surface area (Å²) in [5.74, 6) is 1.07. The highest BCUT2D eigenvalue weighted by molar-refractivity contribution is 5.40. The minimum absolute atomic E-state index is 0.860. The second-order valence-electron chi connectivity index (χ2n) is 5.42. The van der Waals surface area contributed by atoms with Crippen molar-refractivity contribution in [3.8, 4) is 5.75 Å². The SMILES string of the molecule is CNCc1cccc(Cc2ccc3c(c2)CCCO3)c1. The molecule has 20 heavy (non-hydrogen) atoms. The zero-order chi connectivity index (χ0) is 13.8. The van der Waals surface area contributed by atoms with Crippen LogP contribution < -0.4 is 10.1 Å². The number of ether oxygens (including phenoxy) is 1. The van der Waals surface area contributed by atoms with Crippen LogP contribution in [0.4, 0.5) is 0 Å². The molecule has 3 rings (SSSR count). The topological polar surface area (TPSA) is 21.3 Å². The Morgan fingerprint density at radius 2 is 1.90 bits per heavy atom. The van der Waals surface area contributed by atoms with E-state index in [1.807, 2.05) is 7.05 Å². The molecule has 1 heterocycles. The molecule has 2 aromatic rings. The second-order valence-corrected chi connectivity index (χ2v) is 5.42. The van der Waals surface area contributed by atoms with Crippen LogP contribution in [0.25, 0.3) is 0 Å². The number of fused-ring (bicyclic) bond motifs is 1. The number of benzene rings is 2. The summed E-state index contributed by atoms with van der Waals surface area (Å²) in [4.78, 5) is 0. The second kappa shape index (κ2) is 6.10. The number of hydrogen-bond acceptors (Lipinski definition) is 2. The third kappa shape index (κ3) is 3.02. The van der Waals surface area contributed by atoms with Gasteiger partial charge in [0.15, 0.2) is 0 Å². The molecular weight excluding hydrogens is 246 g/mol. The molecule has 104 valence electrons. The first-order valence-electron chi connectivity index (χ1n) is 7.32. The molecule has 0 aliphatic carbocycles. The third-order valence-corrected chi connectivity index (χ3v) is 3.75. The van der Waals surface area contributed by atoms with E-state index in [0.717, 1.165) is 38.2 Å². The normalized spacial score (nSPS) is 13.7. The van der Waals surface area contributed by atoms with Crippen LogP contribution in [-0.4, -0.2) is 13.7 Å². The van der Waals surface area contributed by atoms with Crippen LogP contribution in [0.5, 0.6) is 5.75 Å². The summed E-state index contributed by atoms with van der Waals surface area (Å²) < 4.78 is 5.67. The molecule has 1 aliphatic rings. The van der Waals surface area contributed by atoms with Crippen molar-refractivity contribution in [2.75, 3.05) is 13.7 Å². The van der Waals surface area contributed by atoms with Crippen LogP contribution in [-0.2, 0) is 19.4 Å². The van der Waals surface area contributed by atoms with Gasteiger partial charge in [0.2, 0.25) is 0 Å². The van der Waals surface area contributed by atoms with Gasteiger partial charge in [0, 0.05) is 6.54 Å². The van der Waals surface area contributed by atoms with E-state index in [2.05, 4.69) is 47.8 Å². The molecule has 0 atom stereocenters. The van der Waals surface area contributed by atoms with Crippen LogP contribution >= 0.6 is 0 Å². The largest absolute Gasteiger partial charge is 0.493 e. The van der Waals surface area contributed by atoms with Gasteiger partial charge in [-0.15, -0.1) is 0 Å². The fourth-order valence-electron chi connectivity index (χ4n) is 2.81. The Kier molecular flexibility index (Phi) is 4.03. The summed E-state index contributed by atoms with van der Waals surface area (Å²) in [6.07, 6.45) is 3.27. The molecule has 0 saturated carbocycles. The summed E-state index contributed by atoms with van der Waals surface area (Å²) in [5, 5.41) is 3.20. The Bertz CT molecular complexity index is 592. The highest BCUT2D eigenvalue weighted by Crippen LogP contribution is 2.26. The first-order valence-corrected chi connectivity index (χ1v) is 7.32. The Morgan fingerprint density at radius 1 is 1.05 bits per heavy atom. The van der Waals surface area contributed by atoms with Crippen molar-refractivity contribution in [2.45, 2.75) is 25.8 Å². The fraction of sp³-hybridized carbons (Fsp3) is 0.333. The van der Waals surface area contributed by atoms with Crippen LogP contribution in [0.2, 0.25) is 0 Å².